The molecule has 1 saturated heterocycles. The predicted octanol–water partition coefficient (Wildman–Crippen LogP) is -0.377. The molecule has 0 bridgehead atoms. The maximum atomic E-state index is 12.1. The van der Waals surface area contributed by atoms with E-state index in [0.29, 0.717) is 12.3 Å². The van der Waals surface area contributed by atoms with Crippen molar-refractivity contribution in [1.29, 1.82) is 0 Å². The van der Waals surface area contributed by atoms with Crippen LogP contribution in [0, 0.1) is 11.8 Å². The van der Waals surface area contributed by atoms with Gasteiger partial charge >= 0.3 is 0 Å². The zero-order chi connectivity index (χ0) is 14.2. The second kappa shape index (κ2) is 5.28. The Morgan fingerprint density at radius 2 is 2.05 bits per heavy atom. The van der Waals surface area contributed by atoms with Gasteiger partial charge in [-0.25, -0.2) is 0 Å². The van der Waals surface area contributed by atoms with Crippen LogP contribution in [0.25, 0.3) is 0 Å². The van der Waals surface area contributed by atoms with Crippen LogP contribution in [0.4, 0.5) is 0 Å². The van der Waals surface area contributed by atoms with Crippen LogP contribution < -0.4 is 11.1 Å². The van der Waals surface area contributed by atoms with E-state index in [0.717, 1.165) is 17.7 Å². The molecule has 19 heavy (non-hydrogen) atoms. The minimum atomic E-state index is -0.694. The van der Waals surface area contributed by atoms with E-state index in [9.17, 15) is 14.4 Å². The molecule has 2 rings (SSSR count). The topological polar surface area (TPSA) is 92.5 Å². The fourth-order valence-electron chi connectivity index (χ4n) is 2.75. The van der Waals surface area contributed by atoms with E-state index in [-0.39, 0.29) is 36.1 Å². The highest BCUT2D eigenvalue weighted by Crippen LogP contribution is 2.28. The Morgan fingerprint density at radius 3 is 2.58 bits per heavy atom. The van der Waals surface area contributed by atoms with Crippen molar-refractivity contribution in [3.8, 4) is 0 Å². The number of nitrogens with one attached hydrogen (secondary N) is 1. The van der Waals surface area contributed by atoms with Gasteiger partial charge in [0.25, 0.3) is 5.91 Å². The standard InChI is InChI=1S/C13H21N3O3/c1-7-3-4-8(5-9(7)14)12(18)15-10-6-11(17)16(2)13(10)19/h7-10H,3-6,14H2,1-2H3,(H,15,18). The summed E-state index contributed by atoms with van der Waals surface area (Å²) < 4.78 is 0. The summed E-state index contributed by atoms with van der Waals surface area (Å²) >= 11 is 0. The van der Waals surface area contributed by atoms with E-state index in [1.165, 1.54) is 7.05 Å². The van der Waals surface area contributed by atoms with Crippen LogP contribution in [0.15, 0.2) is 0 Å². The van der Waals surface area contributed by atoms with Gasteiger partial charge in [-0.15, -0.1) is 0 Å². The van der Waals surface area contributed by atoms with Gasteiger partial charge < -0.3 is 11.1 Å². The first-order valence-corrected chi connectivity index (χ1v) is 6.76. The molecule has 2 aliphatic rings. The first-order chi connectivity index (χ1) is 8.90. The van der Waals surface area contributed by atoms with E-state index in [1.54, 1.807) is 0 Å². The highest BCUT2D eigenvalue weighted by molar-refractivity contribution is 6.06. The molecule has 0 aromatic rings. The van der Waals surface area contributed by atoms with Crippen molar-refractivity contribution in [1.82, 2.24) is 10.2 Å². The smallest absolute Gasteiger partial charge is 0.252 e. The maximum Gasteiger partial charge on any atom is 0.252 e. The Morgan fingerprint density at radius 1 is 1.37 bits per heavy atom. The zero-order valence-electron chi connectivity index (χ0n) is 11.4. The van der Waals surface area contributed by atoms with Crippen molar-refractivity contribution in [3.05, 3.63) is 0 Å². The summed E-state index contributed by atoms with van der Waals surface area (Å²) in [5, 5.41) is 2.69. The molecule has 2 fully saturated rings. The Hall–Kier alpha value is -1.43. The number of hydrogen-bond acceptors (Lipinski definition) is 4. The molecular formula is C13H21N3O3. The minimum Gasteiger partial charge on any atom is -0.344 e. The van der Waals surface area contributed by atoms with Crippen LogP contribution in [0.2, 0.25) is 0 Å². The van der Waals surface area contributed by atoms with Gasteiger partial charge in [-0.3, -0.25) is 19.3 Å². The molecule has 1 heterocycles. The predicted molar refractivity (Wildman–Crippen MR) is 68.8 cm³/mol. The van der Waals surface area contributed by atoms with Crippen molar-refractivity contribution >= 4 is 17.7 Å². The molecule has 1 aliphatic carbocycles. The minimum absolute atomic E-state index is 0.0353. The summed E-state index contributed by atoms with van der Waals surface area (Å²) in [6.45, 7) is 2.09. The molecule has 1 aliphatic heterocycles. The second-order valence-electron chi connectivity index (χ2n) is 5.71. The molecule has 106 valence electrons. The van der Waals surface area contributed by atoms with Gasteiger partial charge in [-0.1, -0.05) is 6.92 Å². The second-order valence-corrected chi connectivity index (χ2v) is 5.71. The van der Waals surface area contributed by atoms with E-state index in [4.69, 9.17) is 5.73 Å². The maximum absolute atomic E-state index is 12.1. The Bertz CT molecular complexity index is 410. The van der Waals surface area contributed by atoms with Gasteiger partial charge in [-0.2, -0.15) is 0 Å². The molecule has 3 N–H and O–H groups in total. The molecular weight excluding hydrogens is 246 g/mol. The van der Waals surface area contributed by atoms with Crippen LogP contribution in [-0.2, 0) is 14.4 Å². The first-order valence-electron chi connectivity index (χ1n) is 6.76. The van der Waals surface area contributed by atoms with Crippen LogP contribution in [0.3, 0.4) is 0 Å². The number of likely N-dealkylation sites (tertiary alicyclic amines) is 1. The Kier molecular flexibility index (Phi) is 3.89. The van der Waals surface area contributed by atoms with Crippen LogP contribution in [0.1, 0.15) is 32.6 Å². The number of nitrogens with two attached hydrogens (primary N) is 1. The van der Waals surface area contributed by atoms with Crippen LogP contribution >= 0.6 is 0 Å². The molecule has 0 aromatic carbocycles. The number of likely N-dealkylation sites (N-methyl/N-ethyl adjacent to an activating group) is 1. The Balaban J connectivity index is 1.92. The van der Waals surface area contributed by atoms with Gasteiger partial charge in [0.2, 0.25) is 11.8 Å². The molecule has 4 atom stereocenters. The third kappa shape index (κ3) is 2.78. The highest BCUT2D eigenvalue weighted by Gasteiger charge is 2.38. The molecule has 3 amide bonds. The lowest BCUT2D eigenvalue weighted by molar-refractivity contribution is -0.138. The molecule has 6 nitrogen and oxygen atoms in total. The lowest BCUT2D eigenvalue weighted by Crippen LogP contribution is -2.46. The Labute approximate surface area is 112 Å². The first kappa shape index (κ1) is 14.0. The van der Waals surface area contributed by atoms with Crippen molar-refractivity contribution < 1.29 is 14.4 Å². The fraction of sp³-hybridized carbons (Fsp3) is 0.769. The molecule has 4 unspecified atom stereocenters. The summed E-state index contributed by atoms with van der Waals surface area (Å²) in [4.78, 5) is 36.3. The van der Waals surface area contributed by atoms with Crippen molar-refractivity contribution in [2.24, 2.45) is 17.6 Å². The molecule has 0 spiro atoms. The average Bonchev–Trinajstić information content (AvgIpc) is 2.60. The summed E-state index contributed by atoms with van der Waals surface area (Å²) in [6.07, 6.45) is 2.44. The van der Waals surface area contributed by atoms with Gasteiger partial charge in [-0.05, 0) is 25.2 Å². The number of carbonyl (C=O) groups is 3. The summed E-state index contributed by atoms with van der Waals surface area (Å²) in [5.41, 5.74) is 5.98. The third-order valence-electron chi connectivity index (χ3n) is 4.33. The van der Waals surface area contributed by atoms with Gasteiger partial charge in [0.05, 0.1) is 6.42 Å². The van der Waals surface area contributed by atoms with Gasteiger partial charge in [0.15, 0.2) is 0 Å². The summed E-state index contributed by atoms with van der Waals surface area (Å²) in [5.74, 6) is -0.426. The number of carbonyl (C=O) groups excluding carboxylic acids is 3. The summed E-state index contributed by atoms with van der Waals surface area (Å²) in [6, 6.07) is -0.659. The van der Waals surface area contributed by atoms with E-state index in [1.807, 2.05) is 0 Å². The van der Waals surface area contributed by atoms with E-state index < -0.39 is 6.04 Å². The molecule has 1 saturated carbocycles. The number of nitrogens with zero attached hydrogens (tertiary/aromatic N) is 1. The largest absolute Gasteiger partial charge is 0.344 e. The number of amides is 3. The SMILES string of the molecule is CC1CCC(C(=O)NC2CC(=O)N(C)C2=O)CC1N. The average molecular weight is 267 g/mol. The van der Waals surface area contributed by atoms with Crippen molar-refractivity contribution in [2.75, 3.05) is 7.05 Å². The fourth-order valence-corrected chi connectivity index (χ4v) is 2.75. The van der Waals surface area contributed by atoms with E-state index >= 15 is 0 Å². The van der Waals surface area contributed by atoms with Crippen molar-refractivity contribution in [2.45, 2.75) is 44.7 Å². The third-order valence-corrected chi connectivity index (χ3v) is 4.33. The number of rotatable bonds is 2. The lowest BCUT2D eigenvalue weighted by Gasteiger charge is -2.31. The monoisotopic (exact) mass is 267 g/mol. The van der Waals surface area contributed by atoms with E-state index in [2.05, 4.69) is 12.2 Å². The van der Waals surface area contributed by atoms with Crippen molar-refractivity contribution in [3.63, 3.8) is 0 Å². The lowest BCUT2D eigenvalue weighted by atomic mass is 9.79. The van der Waals surface area contributed by atoms with Crippen LogP contribution in [0.5, 0.6) is 0 Å². The quantitative estimate of drug-likeness (QED) is 0.667. The number of hydrogen-bond donors (Lipinski definition) is 2. The molecule has 0 aromatic heterocycles. The number of imide groups is 1. The zero-order valence-corrected chi connectivity index (χ0v) is 11.4. The van der Waals surface area contributed by atoms with Crippen LogP contribution in [-0.4, -0.2) is 41.8 Å². The van der Waals surface area contributed by atoms with Gasteiger partial charge in [0, 0.05) is 19.0 Å². The van der Waals surface area contributed by atoms with Gasteiger partial charge in [0.1, 0.15) is 6.04 Å². The molecule has 0 radical (unpaired) electrons. The summed E-state index contributed by atoms with van der Waals surface area (Å²) in [7, 11) is 1.44. The highest BCUT2D eigenvalue weighted by atomic mass is 16.2. The normalized spacial score (nSPS) is 35.6. The molecule has 6 heteroatoms.